The van der Waals surface area contributed by atoms with Crippen LogP contribution in [0.15, 0.2) is 24.5 Å². The first-order chi connectivity index (χ1) is 7.18. The van der Waals surface area contributed by atoms with E-state index in [4.69, 9.17) is 0 Å². The first-order valence-corrected chi connectivity index (χ1v) is 4.85. The molecule has 2 heterocycles. The summed E-state index contributed by atoms with van der Waals surface area (Å²) in [6.45, 7) is 4.03. The molecule has 4 heteroatoms. The maximum absolute atomic E-state index is 4.34. The molecule has 0 bridgehead atoms. The van der Waals surface area contributed by atoms with Crippen molar-refractivity contribution in [3.8, 4) is 0 Å². The van der Waals surface area contributed by atoms with Crippen molar-refractivity contribution in [2.75, 3.05) is 5.32 Å². The molecule has 0 radical (unpaired) electrons. The highest BCUT2D eigenvalue weighted by atomic mass is 15.3. The standard InChI is InChI=1S/C11H14N4/c1-8-11(9(2)15(3)14-8)13-10-5-4-6-12-7-10/h4-7,13H,1-3H3. The van der Waals surface area contributed by atoms with Gasteiger partial charge in [0.2, 0.25) is 0 Å². The van der Waals surface area contributed by atoms with Gasteiger partial charge in [-0.3, -0.25) is 9.67 Å². The van der Waals surface area contributed by atoms with Gasteiger partial charge in [-0.1, -0.05) is 0 Å². The van der Waals surface area contributed by atoms with Crippen molar-refractivity contribution in [2.45, 2.75) is 13.8 Å². The number of pyridine rings is 1. The van der Waals surface area contributed by atoms with Crippen LogP contribution < -0.4 is 5.32 Å². The van der Waals surface area contributed by atoms with Gasteiger partial charge in [-0.25, -0.2) is 0 Å². The number of aromatic nitrogens is 3. The Hall–Kier alpha value is -1.84. The largest absolute Gasteiger partial charge is 0.351 e. The molecule has 78 valence electrons. The van der Waals surface area contributed by atoms with E-state index in [2.05, 4.69) is 15.4 Å². The predicted molar refractivity (Wildman–Crippen MR) is 60.2 cm³/mol. The zero-order valence-corrected chi connectivity index (χ0v) is 9.15. The van der Waals surface area contributed by atoms with Crippen LogP contribution in [-0.2, 0) is 7.05 Å². The first-order valence-electron chi connectivity index (χ1n) is 4.85. The van der Waals surface area contributed by atoms with Gasteiger partial charge in [0.25, 0.3) is 0 Å². The van der Waals surface area contributed by atoms with E-state index in [0.29, 0.717) is 0 Å². The fraction of sp³-hybridized carbons (Fsp3) is 0.273. The van der Waals surface area contributed by atoms with Gasteiger partial charge < -0.3 is 5.32 Å². The number of nitrogens with one attached hydrogen (secondary N) is 1. The molecule has 4 nitrogen and oxygen atoms in total. The summed E-state index contributed by atoms with van der Waals surface area (Å²) in [5, 5.41) is 7.66. The Balaban J connectivity index is 2.32. The second-order valence-electron chi connectivity index (χ2n) is 3.54. The summed E-state index contributed by atoms with van der Waals surface area (Å²) < 4.78 is 1.87. The Kier molecular flexibility index (Phi) is 2.41. The van der Waals surface area contributed by atoms with Crippen LogP contribution in [0.1, 0.15) is 11.4 Å². The average molecular weight is 202 g/mol. The monoisotopic (exact) mass is 202 g/mol. The molecule has 0 aliphatic heterocycles. The van der Waals surface area contributed by atoms with Gasteiger partial charge in [-0.15, -0.1) is 0 Å². The summed E-state index contributed by atoms with van der Waals surface area (Å²) in [6, 6.07) is 3.89. The number of nitrogens with zero attached hydrogens (tertiary/aromatic N) is 3. The lowest BCUT2D eigenvalue weighted by Gasteiger charge is -2.05. The molecular weight excluding hydrogens is 188 g/mol. The third-order valence-corrected chi connectivity index (χ3v) is 2.44. The SMILES string of the molecule is Cc1nn(C)c(C)c1Nc1cccnc1. The van der Waals surface area contributed by atoms with Gasteiger partial charge in [-0.05, 0) is 26.0 Å². The van der Waals surface area contributed by atoms with E-state index in [0.717, 1.165) is 22.8 Å². The van der Waals surface area contributed by atoms with Crippen molar-refractivity contribution >= 4 is 11.4 Å². The topological polar surface area (TPSA) is 42.7 Å². The zero-order valence-electron chi connectivity index (χ0n) is 9.15. The maximum atomic E-state index is 4.34. The molecule has 0 amide bonds. The fourth-order valence-corrected chi connectivity index (χ4v) is 1.54. The predicted octanol–water partition coefficient (Wildman–Crippen LogP) is 2.18. The Morgan fingerprint density at radius 2 is 2.13 bits per heavy atom. The molecule has 2 rings (SSSR count). The number of aryl methyl sites for hydroxylation is 2. The number of rotatable bonds is 2. The number of hydrogen-bond donors (Lipinski definition) is 1. The molecule has 0 aromatic carbocycles. The second-order valence-corrected chi connectivity index (χ2v) is 3.54. The quantitative estimate of drug-likeness (QED) is 0.811. The van der Waals surface area contributed by atoms with Crippen molar-refractivity contribution < 1.29 is 0 Å². The van der Waals surface area contributed by atoms with Gasteiger partial charge in [-0.2, -0.15) is 5.10 Å². The van der Waals surface area contributed by atoms with E-state index >= 15 is 0 Å². The maximum Gasteiger partial charge on any atom is 0.0831 e. The summed E-state index contributed by atoms with van der Waals surface area (Å²) >= 11 is 0. The minimum Gasteiger partial charge on any atom is -0.351 e. The molecule has 2 aromatic heterocycles. The molecule has 0 saturated heterocycles. The second kappa shape index (κ2) is 3.73. The van der Waals surface area contributed by atoms with Crippen molar-refractivity contribution in [1.29, 1.82) is 0 Å². The fourth-order valence-electron chi connectivity index (χ4n) is 1.54. The lowest BCUT2D eigenvalue weighted by Crippen LogP contribution is -1.95. The summed E-state index contributed by atoms with van der Waals surface area (Å²) in [5.41, 5.74) is 4.16. The van der Waals surface area contributed by atoms with Crippen LogP contribution in [0.4, 0.5) is 11.4 Å². The van der Waals surface area contributed by atoms with Crippen LogP contribution in [0.3, 0.4) is 0 Å². The molecule has 15 heavy (non-hydrogen) atoms. The Labute approximate surface area is 89.0 Å². The Morgan fingerprint density at radius 1 is 1.33 bits per heavy atom. The van der Waals surface area contributed by atoms with Crippen molar-refractivity contribution in [2.24, 2.45) is 7.05 Å². The van der Waals surface area contributed by atoms with E-state index in [-0.39, 0.29) is 0 Å². The van der Waals surface area contributed by atoms with Crippen molar-refractivity contribution in [3.05, 3.63) is 35.9 Å². The van der Waals surface area contributed by atoms with Crippen LogP contribution in [0.5, 0.6) is 0 Å². The first kappa shape index (κ1) is 9.71. The Bertz CT molecular complexity index is 459. The summed E-state index contributed by atoms with van der Waals surface area (Å²) in [4.78, 5) is 4.06. The highest BCUT2D eigenvalue weighted by Crippen LogP contribution is 2.22. The molecule has 0 atom stereocenters. The van der Waals surface area contributed by atoms with Crippen molar-refractivity contribution in [1.82, 2.24) is 14.8 Å². The number of hydrogen-bond acceptors (Lipinski definition) is 3. The molecule has 2 aromatic rings. The normalized spacial score (nSPS) is 10.3. The van der Waals surface area contributed by atoms with Gasteiger partial charge in [0, 0.05) is 13.2 Å². The lowest BCUT2D eigenvalue weighted by molar-refractivity contribution is 0.731. The zero-order chi connectivity index (χ0) is 10.8. The molecule has 0 fully saturated rings. The van der Waals surface area contributed by atoms with Crippen LogP contribution in [0, 0.1) is 13.8 Å². The third-order valence-electron chi connectivity index (χ3n) is 2.44. The molecule has 1 N–H and O–H groups in total. The van der Waals surface area contributed by atoms with E-state index < -0.39 is 0 Å². The highest BCUT2D eigenvalue weighted by Gasteiger charge is 2.08. The average Bonchev–Trinajstić information content (AvgIpc) is 2.47. The summed E-state index contributed by atoms with van der Waals surface area (Å²) in [7, 11) is 1.94. The van der Waals surface area contributed by atoms with E-state index in [9.17, 15) is 0 Å². The third kappa shape index (κ3) is 1.83. The lowest BCUT2D eigenvalue weighted by atomic mass is 10.3. The Morgan fingerprint density at radius 3 is 2.67 bits per heavy atom. The van der Waals surface area contributed by atoms with Crippen LogP contribution in [0.2, 0.25) is 0 Å². The van der Waals surface area contributed by atoms with Crippen molar-refractivity contribution in [3.63, 3.8) is 0 Å². The van der Waals surface area contributed by atoms with Gasteiger partial charge in [0.15, 0.2) is 0 Å². The minimum atomic E-state index is 0.983. The molecule has 0 spiro atoms. The van der Waals surface area contributed by atoms with Gasteiger partial charge >= 0.3 is 0 Å². The van der Waals surface area contributed by atoms with E-state index in [1.54, 1.807) is 12.4 Å². The van der Waals surface area contributed by atoms with E-state index in [1.807, 2.05) is 37.7 Å². The molecular formula is C11H14N4. The summed E-state index contributed by atoms with van der Waals surface area (Å²) in [5.74, 6) is 0. The summed E-state index contributed by atoms with van der Waals surface area (Å²) in [6.07, 6.45) is 3.56. The van der Waals surface area contributed by atoms with Crippen LogP contribution in [-0.4, -0.2) is 14.8 Å². The van der Waals surface area contributed by atoms with Crippen LogP contribution in [0.25, 0.3) is 0 Å². The van der Waals surface area contributed by atoms with E-state index in [1.165, 1.54) is 0 Å². The minimum absolute atomic E-state index is 0.983. The molecule has 0 unspecified atom stereocenters. The van der Waals surface area contributed by atoms with Gasteiger partial charge in [0.1, 0.15) is 0 Å². The molecule has 0 aliphatic rings. The number of anilines is 2. The van der Waals surface area contributed by atoms with Gasteiger partial charge in [0.05, 0.1) is 29.0 Å². The van der Waals surface area contributed by atoms with Crippen LogP contribution >= 0.6 is 0 Å². The molecule has 0 aliphatic carbocycles. The highest BCUT2D eigenvalue weighted by molar-refractivity contribution is 5.63. The molecule has 0 saturated carbocycles. The smallest absolute Gasteiger partial charge is 0.0831 e.